The highest BCUT2D eigenvalue weighted by Crippen LogP contribution is 2.23. The molecule has 1 aliphatic rings. The van der Waals surface area contributed by atoms with Gasteiger partial charge in [0.05, 0.1) is 4.92 Å². The van der Waals surface area contributed by atoms with Crippen LogP contribution >= 0.6 is 0 Å². The zero-order valence-corrected chi connectivity index (χ0v) is 13.3. The third kappa shape index (κ3) is 3.79. The normalized spacial score (nSPS) is 16.6. The Hall–Kier alpha value is -2.02. The quantitative estimate of drug-likeness (QED) is 0.467. The number of hydrogen-bond acceptors (Lipinski definition) is 6. The molecular weight excluding hydrogens is 284 g/mol. The summed E-state index contributed by atoms with van der Waals surface area (Å²) in [4.78, 5) is 30.0. The fraction of sp³-hybridized carbons (Fsp3) is 0.600. The van der Waals surface area contributed by atoms with Crippen LogP contribution in [0.3, 0.4) is 0 Å². The van der Waals surface area contributed by atoms with Crippen molar-refractivity contribution in [1.29, 1.82) is 0 Å². The first-order valence-corrected chi connectivity index (χ1v) is 7.37. The van der Waals surface area contributed by atoms with Crippen molar-refractivity contribution >= 4 is 17.8 Å². The minimum absolute atomic E-state index is 0.0510. The van der Waals surface area contributed by atoms with Gasteiger partial charge in [-0.15, -0.1) is 0 Å². The molecule has 1 fully saturated rings. The van der Waals surface area contributed by atoms with E-state index in [-0.39, 0.29) is 11.1 Å². The first-order chi connectivity index (χ1) is 10.3. The summed E-state index contributed by atoms with van der Waals surface area (Å²) in [6.07, 6.45) is 2.33. The lowest BCUT2D eigenvalue weighted by Crippen LogP contribution is -2.49. The monoisotopic (exact) mass is 306 g/mol. The Kier molecular flexibility index (Phi) is 4.75. The van der Waals surface area contributed by atoms with Gasteiger partial charge in [-0.25, -0.2) is 4.98 Å². The van der Waals surface area contributed by atoms with Crippen molar-refractivity contribution in [2.75, 3.05) is 37.6 Å². The van der Waals surface area contributed by atoms with Gasteiger partial charge in [-0.2, -0.15) is 0 Å². The first kappa shape index (κ1) is 16.4. The number of aryl methyl sites for hydroxylation is 1. The number of aromatic nitrogens is 1. The van der Waals surface area contributed by atoms with Crippen molar-refractivity contribution in [3.63, 3.8) is 0 Å². The highest BCUT2D eigenvalue weighted by molar-refractivity contribution is 5.58. The largest absolute Gasteiger partial charge is 0.354 e. The number of rotatable bonds is 5. The molecule has 0 saturated carbocycles. The van der Waals surface area contributed by atoms with Gasteiger partial charge >= 0.3 is 0 Å². The molecule has 0 bridgehead atoms. The predicted molar refractivity (Wildman–Crippen MR) is 84.1 cm³/mol. The summed E-state index contributed by atoms with van der Waals surface area (Å²) < 4.78 is 0. The molecule has 1 aromatic heterocycles. The molecule has 0 aliphatic carbocycles. The molecule has 0 aromatic carbocycles. The zero-order valence-electron chi connectivity index (χ0n) is 13.3. The van der Waals surface area contributed by atoms with E-state index < -0.39 is 4.92 Å². The lowest BCUT2D eigenvalue weighted by atomic mass is 9.95. The number of pyridine rings is 1. The molecule has 7 nitrogen and oxygen atoms in total. The maximum atomic E-state index is 11.0. The van der Waals surface area contributed by atoms with Crippen LogP contribution in [-0.2, 0) is 4.79 Å². The van der Waals surface area contributed by atoms with Crippen LogP contribution in [0.2, 0.25) is 0 Å². The van der Waals surface area contributed by atoms with Crippen molar-refractivity contribution in [3.8, 4) is 0 Å². The van der Waals surface area contributed by atoms with Gasteiger partial charge in [0.15, 0.2) is 0 Å². The number of aldehydes is 1. The Morgan fingerprint density at radius 2 is 2.00 bits per heavy atom. The number of nitrogens with zero attached hydrogens (tertiary/aromatic N) is 4. The van der Waals surface area contributed by atoms with Crippen molar-refractivity contribution in [3.05, 3.63) is 27.9 Å². The van der Waals surface area contributed by atoms with E-state index in [0.717, 1.165) is 44.8 Å². The number of hydrogen-bond donors (Lipinski definition) is 0. The summed E-state index contributed by atoms with van der Waals surface area (Å²) in [5.41, 5.74) is 0.347. The molecule has 1 saturated heterocycles. The molecule has 7 heteroatoms. The van der Waals surface area contributed by atoms with E-state index in [1.807, 2.05) is 13.8 Å². The van der Waals surface area contributed by atoms with E-state index in [1.54, 1.807) is 13.0 Å². The predicted octanol–water partition coefficient (Wildman–Crippen LogP) is 1.65. The van der Waals surface area contributed by atoms with Gasteiger partial charge in [-0.3, -0.25) is 15.0 Å². The minimum atomic E-state index is -0.411. The average Bonchev–Trinajstić information content (AvgIpc) is 2.47. The van der Waals surface area contributed by atoms with Gasteiger partial charge in [-0.1, -0.05) is 13.8 Å². The highest BCUT2D eigenvalue weighted by atomic mass is 16.6. The molecular formula is C15H22N4O3. The van der Waals surface area contributed by atoms with Gasteiger partial charge in [-0.05, 0) is 13.0 Å². The summed E-state index contributed by atoms with van der Waals surface area (Å²) in [5, 5.41) is 10.8. The van der Waals surface area contributed by atoms with Crippen molar-refractivity contribution in [2.24, 2.45) is 5.41 Å². The molecule has 0 atom stereocenters. The second kappa shape index (κ2) is 6.39. The standard InChI is InChI=1S/C15H22N4O3/c1-12-8-14(16-9-13(12)19(21)22)18-6-4-17(5-7-18)10-15(2,3)11-20/h8-9,11H,4-7,10H2,1-3H3. The summed E-state index contributed by atoms with van der Waals surface area (Å²) in [6, 6.07) is 1.77. The zero-order chi connectivity index (χ0) is 16.3. The first-order valence-electron chi connectivity index (χ1n) is 7.37. The van der Waals surface area contributed by atoms with E-state index in [1.165, 1.54) is 6.20 Å². The van der Waals surface area contributed by atoms with Gasteiger partial charge < -0.3 is 9.69 Å². The van der Waals surface area contributed by atoms with Crippen LogP contribution in [0.5, 0.6) is 0 Å². The maximum absolute atomic E-state index is 11.0. The van der Waals surface area contributed by atoms with E-state index in [9.17, 15) is 14.9 Å². The molecule has 0 N–H and O–H groups in total. The van der Waals surface area contributed by atoms with Gasteiger partial charge in [0.2, 0.25) is 0 Å². The van der Waals surface area contributed by atoms with Crippen molar-refractivity contribution in [1.82, 2.24) is 9.88 Å². The fourth-order valence-corrected chi connectivity index (χ4v) is 2.65. The number of nitro groups is 1. The number of piperazine rings is 1. The fourth-order valence-electron chi connectivity index (χ4n) is 2.65. The SMILES string of the molecule is Cc1cc(N2CCN(CC(C)(C)C=O)CC2)ncc1[N+](=O)[O-]. The summed E-state index contributed by atoms with van der Waals surface area (Å²) in [7, 11) is 0. The lowest BCUT2D eigenvalue weighted by molar-refractivity contribution is -0.385. The third-order valence-electron chi connectivity index (χ3n) is 3.91. The smallest absolute Gasteiger partial charge is 0.290 e. The molecule has 1 aromatic rings. The second-order valence-electron chi connectivity index (χ2n) is 6.46. The Bertz CT molecular complexity index is 566. The topological polar surface area (TPSA) is 79.6 Å². The maximum Gasteiger partial charge on any atom is 0.290 e. The molecule has 2 rings (SSSR count). The minimum Gasteiger partial charge on any atom is -0.354 e. The number of carbonyl (C=O) groups excluding carboxylic acids is 1. The van der Waals surface area contributed by atoms with Crippen molar-refractivity contribution in [2.45, 2.75) is 20.8 Å². The van der Waals surface area contributed by atoms with E-state index in [0.29, 0.717) is 5.56 Å². The van der Waals surface area contributed by atoms with Crippen molar-refractivity contribution < 1.29 is 9.72 Å². The van der Waals surface area contributed by atoms with Gasteiger partial charge in [0.1, 0.15) is 18.3 Å². The van der Waals surface area contributed by atoms with Crippen LogP contribution in [0.1, 0.15) is 19.4 Å². The second-order valence-corrected chi connectivity index (χ2v) is 6.46. The summed E-state index contributed by atoms with van der Waals surface area (Å²) in [5.74, 6) is 0.775. The molecule has 1 aliphatic heterocycles. The number of carbonyl (C=O) groups is 1. The molecule has 0 spiro atoms. The van der Waals surface area contributed by atoms with E-state index in [2.05, 4.69) is 14.8 Å². The van der Waals surface area contributed by atoms with Crippen LogP contribution in [0.4, 0.5) is 11.5 Å². The Morgan fingerprint density at radius 1 is 1.36 bits per heavy atom. The lowest BCUT2D eigenvalue weighted by Gasteiger charge is -2.37. The van der Waals surface area contributed by atoms with Crippen LogP contribution in [0.25, 0.3) is 0 Å². The van der Waals surface area contributed by atoms with E-state index >= 15 is 0 Å². The number of anilines is 1. The van der Waals surface area contributed by atoms with E-state index in [4.69, 9.17) is 0 Å². The Balaban J connectivity index is 1.98. The Morgan fingerprint density at radius 3 is 2.50 bits per heavy atom. The molecule has 0 amide bonds. The average molecular weight is 306 g/mol. The molecule has 0 radical (unpaired) electrons. The Labute approximate surface area is 130 Å². The summed E-state index contributed by atoms with van der Waals surface area (Å²) in [6.45, 7) is 9.67. The van der Waals surface area contributed by atoms with Gasteiger partial charge in [0.25, 0.3) is 5.69 Å². The molecule has 22 heavy (non-hydrogen) atoms. The van der Waals surface area contributed by atoms with Crippen LogP contribution in [0.15, 0.2) is 12.3 Å². The molecule has 120 valence electrons. The molecule has 0 unspecified atom stereocenters. The van der Waals surface area contributed by atoms with Crippen LogP contribution in [0, 0.1) is 22.5 Å². The van der Waals surface area contributed by atoms with Crippen LogP contribution in [-0.4, -0.2) is 53.8 Å². The third-order valence-corrected chi connectivity index (χ3v) is 3.91. The molecule has 2 heterocycles. The highest BCUT2D eigenvalue weighted by Gasteiger charge is 2.25. The summed E-state index contributed by atoms with van der Waals surface area (Å²) >= 11 is 0. The van der Waals surface area contributed by atoms with Crippen LogP contribution < -0.4 is 4.90 Å². The van der Waals surface area contributed by atoms with Gasteiger partial charge in [0, 0.05) is 43.7 Å².